The number of carbonyl (C=O) groups is 3. The van der Waals surface area contributed by atoms with Crippen LogP contribution >= 0.6 is 0 Å². The lowest BCUT2D eigenvalue weighted by Gasteiger charge is -2.55. The van der Waals surface area contributed by atoms with E-state index in [1.54, 1.807) is 51.1 Å². The van der Waals surface area contributed by atoms with Crippen LogP contribution in [0.25, 0.3) is 0 Å². The molecule has 1 aromatic carbocycles. The van der Waals surface area contributed by atoms with Crippen LogP contribution in [-0.4, -0.2) is 119 Å². The summed E-state index contributed by atoms with van der Waals surface area (Å²) in [6.45, 7) is 0.192. The lowest BCUT2D eigenvalue weighted by molar-refractivity contribution is -0.150. The number of carbonyl (C=O) groups excluding carboxylic acids is 3. The Bertz CT molecular complexity index is 1320. The molecule has 12 nitrogen and oxygen atoms in total. The largest absolute Gasteiger partial charge is 0.510 e. The van der Waals surface area contributed by atoms with Crippen molar-refractivity contribution < 1.29 is 39.9 Å². The van der Waals surface area contributed by atoms with Crippen LogP contribution in [0.1, 0.15) is 22.3 Å². The van der Waals surface area contributed by atoms with Gasteiger partial charge in [-0.15, -0.1) is 0 Å². The van der Waals surface area contributed by atoms with Gasteiger partial charge in [-0.2, -0.15) is 0 Å². The average molecular weight is 545 g/mol. The molecule has 212 valence electrons. The quantitative estimate of drug-likeness (QED) is 0.242. The number of hydrogen-bond acceptors (Lipinski definition) is 11. The fourth-order valence-electron chi connectivity index (χ4n) is 6.81. The van der Waals surface area contributed by atoms with Crippen LogP contribution in [0.4, 0.5) is 5.69 Å². The molecular formula is C27H36N4O8. The molecule has 0 bridgehead atoms. The summed E-state index contributed by atoms with van der Waals surface area (Å²) in [6, 6.07) is 1.95. The SMILES string of the molecule is CN(CCO)C[C@@]12Cc3c(N(C)C)ccc(O)c3C(=O)C1=C(O)[C@]1(O)C(=O)C(C(N)=O)=C(O)[C@@H](N(C)C)[C@@H]1C2. The molecule has 0 spiro atoms. The number of aliphatic hydroxyl groups excluding tert-OH is 3. The molecule has 7 N–H and O–H groups in total. The molecule has 1 aromatic rings. The summed E-state index contributed by atoms with van der Waals surface area (Å²) in [6.07, 6.45) is 0.0796. The number of Topliss-reactive ketones (excluding diaryl/α,β-unsaturated/α-hetero) is 2. The zero-order chi connectivity index (χ0) is 29.2. The number of ketones is 2. The molecule has 0 saturated heterocycles. The summed E-state index contributed by atoms with van der Waals surface area (Å²) in [5.41, 5.74) is 1.53. The van der Waals surface area contributed by atoms with Crippen molar-refractivity contribution in [2.45, 2.75) is 24.5 Å². The number of amides is 1. The van der Waals surface area contributed by atoms with Gasteiger partial charge in [0, 0.05) is 49.8 Å². The van der Waals surface area contributed by atoms with E-state index in [9.17, 15) is 39.9 Å². The molecule has 4 rings (SSSR count). The van der Waals surface area contributed by atoms with E-state index in [4.69, 9.17) is 5.73 Å². The van der Waals surface area contributed by atoms with Gasteiger partial charge < -0.3 is 41.1 Å². The first-order valence-electron chi connectivity index (χ1n) is 12.6. The second-order valence-electron chi connectivity index (χ2n) is 11.3. The average Bonchev–Trinajstić information content (AvgIpc) is 2.81. The Labute approximate surface area is 226 Å². The molecular weight excluding hydrogens is 508 g/mol. The number of likely N-dealkylation sites (N-methyl/N-ethyl adjacent to an activating group) is 2. The minimum atomic E-state index is -2.73. The van der Waals surface area contributed by atoms with Gasteiger partial charge in [-0.25, -0.2) is 0 Å². The summed E-state index contributed by atoms with van der Waals surface area (Å²) in [5.74, 6) is -6.36. The fraction of sp³-hybridized carbons (Fsp3) is 0.519. The number of rotatable bonds is 7. The fourth-order valence-corrected chi connectivity index (χ4v) is 6.81. The van der Waals surface area contributed by atoms with Gasteiger partial charge in [0.15, 0.2) is 11.4 Å². The van der Waals surface area contributed by atoms with Crippen LogP contribution in [0.3, 0.4) is 0 Å². The molecule has 39 heavy (non-hydrogen) atoms. The number of benzene rings is 1. The van der Waals surface area contributed by atoms with Crippen molar-refractivity contribution >= 4 is 23.2 Å². The highest BCUT2D eigenvalue weighted by Crippen LogP contribution is 2.58. The number of anilines is 1. The molecule has 0 unspecified atom stereocenters. The highest BCUT2D eigenvalue weighted by Gasteiger charge is 2.66. The maximum absolute atomic E-state index is 14.2. The number of aliphatic hydroxyl groups is 4. The zero-order valence-electron chi connectivity index (χ0n) is 22.7. The van der Waals surface area contributed by atoms with Crippen molar-refractivity contribution in [1.82, 2.24) is 9.80 Å². The Morgan fingerprint density at radius 1 is 1.10 bits per heavy atom. The lowest BCUT2D eigenvalue weighted by atomic mass is 9.52. The number of aromatic hydroxyl groups is 1. The molecule has 1 amide bonds. The Balaban J connectivity index is 2.08. The molecule has 0 aliphatic heterocycles. The predicted octanol–water partition coefficient (Wildman–Crippen LogP) is -0.519. The van der Waals surface area contributed by atoms with Gasteiger partial charge in [-0.3, -0.25) is 19.3 Å². The van der Waals surface area contributed by atoms with Crippen LogP contribution in [0.2, 0.25) is 0 Å². The summed E-state index contributed by atoms with van der Waals surface area (Å²) in [5, 5.41) is 55.1. The summed E-state index contributed by atoms with van der Waals surface area (Å²) < 4.78 is 0. The summed E-state index contributed by atoms with van der Waals surface area (Å²) >= 11 is 0. The maximum Gasteiger partial charge on any atom is 0.255 e. The summed E-state index contributed by atoms with van der Waals surface area (Å²) in [7, 11) is 8.48. The van der Waals surface area contributed by atoms with Gasteiger partial charge >= 0.3 is 0 Å². The molecule has 0 heterocycles. The van der Waals surface area contributed by atoms with Crippen molar-refractivity contribution in [2.24, 2.45) is 17.1 Å². The molecule has 0 fully saturated rings. The van der Waals surface area contributed by atoms with E-state index in [2.05, 4.69) is 0 Å². The van der Waals surface area contributed by atoms with Crippen molar-refractivity contribution in [2.75, 3.05) is 59.8 Å². The Hall–Kier alpha value is -3.45. The van der Waals surface area contributed by atoms with Gasteiger partial charge in [-0.1, -0.05) is 0 Å². The Morgan fingerprint density at radius 3 is 2.28 bits per heavy atom. The number of primary amides is 1. The molecule has 0 radical (unpaired) electrons. The van der Waals surface area contributed by atoms with Crippen LogP contribution in [0, 0.1) is 11.3 Å². The molecule has 3 aliphatic carbocycles. The van der Waals surface area contributed by atoms with Crippen molar-refractivity contribution in [1.29, 1.82) is 0 Å². The monoisotopic (exact) mass is 544 g/mol. The van der Waals surface area contributed by atoms with Crippen molar-refractivity contribution in [3.8, 4) is 5.75 Å². The third-order valence-electron chi connectivity index (χ3n) is 8.34. The number of phenols is 1. The van der Waals surface area contributed by atoms with Crippen LogP contribution in [-0.2, 0) is 16.0 Å². The maximum atomic E-state index is 14.2. The molecule has 0 aromatic heterocycles. The highest BCUT2D eigenvalue weighted by atomic mass is 16.3. The summed E-state index contributed by atoms with van der Waals surface area (Å²) in [4.78, 5) is 45.1. The van der Waals surface area contributed by atoms with E-state index in [1.165, 1.54) is 11.0 Å². The predicted molar refractivity (Wildman–Crippen MR) is 142 cm³/mol. The van der Waals surface area contributed by atoms with E-state index in [-0.39, 0.29) is 49.4 Å². The van der Waals surface area contributed by atoms with E-state index in [1.807, 2.05) is 0 Å². The first kappa shape index (κ1) is 28.6. The Kier molecular flexibility index (Phi) is 7.05. The Morgan fingerprint density at radius 2 is 1.74 bits per heavy atom. The molecule has 12 heteroatoms. The minimum Gasteiger partial charge on any atom is -0.510 e. The standard InChI is InChI=1S/C27H36N4O8/c1-29(2)15-6-7-16(33)17-13(15)10-26(12-31(5)8-9-32)11-14-20(30(3)4)22(35)18(25(28)38)23(36)27(14,39)24(37)19(26)21(17)34/h6-7,14,20,32-33,35,37,39H,8-12H2,1-5H3,(H2,28,38)/t14-,20-,26-,27+/m0/s1. The van der Waals surface area contributed by atoms with E-state index in [0.717, 1.165) is 0 Å². The minimum absolute atomic E-state index is 0.0498. The number of hydrogen-bond donors (Lipinski definition) is 6. The van der Waals surface area contributed by atoms with Gasteiger partial charge in [0.2, 0.25) is 5.78 Å². The lowest BCUT2D eigenvalue weighted by Crippen LogP contribution is -2.66. The molecule has 0 saturated carbocycles. The van der Waals surface area contributed by atoms with Crippen molar-refractivity contribution in [3.05, 3.63) is 45.9 Å². The van der Waals surface area contributed by atoms with Crippen molar-refractivity contribution in [3.63, 3.8) is 0 Å². The first-order valence-corrected chi connectivity index (χ1v) is 12.6. The number of phenolic OH excluding ortho intramolecular Hbond substituents is 1. The second kappa shape index (κ2) is 9.63. The number of nitrogens with zero attached hydrogens (tertiary/aromatic N) is 3. The second-order valence-corrected chi connectivity index (χ2v) is 11.3. The third-order valence-corrected chi connectivity index (χ3v) is 8.34. The number of nitrogens with two attached hydrogens (primary N) is 1. The van der Waals surface area contributed by atoms with Crippen LogP contribution in [0.15, 0.2) is 34.8 Å². The van der Waals surface area contributed by atoms with Gasteiger partial charge in [0.1, 0.15) is 22.8 Å². The van der Waals surface area contributed by atoms with Gasteiger partial charge in [0.05, 0.1) is 18.2 Å². The van der Waals surface area contributed by atoms with Crippen LogP contribution in [0.5, 0.6) is 5.75 Å². The van der Waals surface area contributed by atoms with Gasteiger partial charge in [-0.05, 0) is 51.7 Å². The zero-order valence-corrected chi connectivity index (χ0v) is 22.7. The van der Waals surface area contributed by atoms with E-state index >= 15 is 0 Å². The highest BCUT2D eigenvalue weighted by molar-refractivity contribution is 6.25. The normalized spacial score (nSPS) is 28.5. The van der Waals surface area contributed by atoms with Gasteiger partial charge in [0.25, 0.3) is 5.91 Å². The number of fused-ring (bicyclic) bond motifs is 3. The molecule has 4 atom stereocenters. The smallest absolute Gasteiger partial charge is 0.255 e. The topological polar surface area (TPSA) is 188 Å². The molecule has 3 aliphatic rings. The van der Waals surface area contributed by atoms with Crippen LogP contribution < -0.4 is 10.6 Å². The first-order chi connectivity index (χ1) is 18.1. The third kappa shape index (κ3) is 4.01. The van der Waals surface area contributed by atoms with E-state index in [0.29, 0.717) is 11.3 Å². The van der Waals surface area contributed by atoms with E-state index < -0.39 is 57.5 Å².